The highest BCUT2D eigenvalue weighted by atomic mass is 16.6. The number of rotatable bonds is 4. The Morgan fingerprint density at radius 1 is 1.42 bits per heavy atom. The van der Waals surface area contributed by atoms with Gasteiger partial charge < -0.3 is 9.84 Å². The Morgan fingerprint density at radius 2 is 2.21 bits per heavy atom. The van der Waals surface area contributed by atoms with Crippen molar-refractivity contribution in [2.24, 2.45) is 0 Å². The number of nitrogens with zero attached hydrogens (tertiary/aromatic N) is 2. The average molecular weight is 260 g/mol. The van der Waals surface area contributed by atoms with E-state index in [0.717, 1.165) is 0 Å². The van der Waals surface area contributed by atoms with Crippen LogP contribution in [0.2, 0.25) is 0 Å². The van der Waals surface area contributed by atoms with Gasteiger partial charge in [-0.3, -0.25) is 15.1 Å². The Bertz CT molecular complexity index is 613. The first-order valence-electron chi connectivity index (χ1n) is 5.59. The van der Waals surface area contributed by atoms with Crippen molar-refractivity contribution < 1.29 is 14.8 Å². The zero-order valence-corrected chi connectivity index (χ0v) is 10.2. The molecule has 2 aromatic rings. The highest BCUT2D eigenvalue weighted by Crippen LogP contribution is 2.28. The van der Waals surface area contributed by atoms with Crippen LogP contribution in [0.1, 0.15) is 11.3 Å². The topological polar surface area (TPSA) is 85.5 Å². The minimum absolute atomic E-state index is 0.127. The molecule has 0 saturated carbocycles. The zero-order chi connectivity index (χ0) is 13.8. The van der Waals surface area contributed by atoms with Crippen molar-refractivity contribution in [2.45, 2.75) is 13.5 Å². The van der Waals surface area contributed by atoms with Crippen molar-refractivity contribution in [1.82, 2.24) is 4.98 Å². The van der Waals surface area contributed by atoms with Crippen LogP contribution in [0.4, 0.5) is 5.69 Å². The van der Waals surface area contributed by atoms with Crippen LogP contribution >= 0.6 is 0 Å². The first kappa shape index (κ1) is 13.0. The molecule has 6 nitrogen and oxygen atoms in total. The predicted octanol–water partition coefficient (Wildman–Crippen LogP) is 2.58. The summed E-state index contributed by atoms with van der Waals surface area (Å²) in [5.41, 5.74) is 0.799. The van der Waals surface area contributed by atoms with Gasteiger partial charge in [-0.15, -0.1) is 0 Å². The van der Waals surface area contributed by atoms with Gasteiger partial charge in [0.15, 0.2) is 0 Å². The van der Waals surface area contributed by atoms with E-state index in [1.54, 1.807) is 25.3 Å². The fourth-order valence-corrected chi connectivity index (χ4v) is 1.63. The Hall–Kier alpha value is -2.47. The first-order valence-corrected chi connectivity index (χ1v) is 5.59. The monoisotopic (exact) mass is 260 g/mol. The Labute approximate surface area is 109 Å². The van der Waals surface area contributed by atoms with E-state index in [-0.39, 0.29) is 11.3 Å². The molecule has 0 unspecified atom stereocenters. The summed E-state index contributed by atoms with van der Waals surface area (Å²) in [5.74, 6) is 0.992. The minimum atomic E-state index is -0.537. The fourth-order valence-electron chi connectivity index (χ4n) is 1.63. The third-order valence-electron chi connectivity index (χ3n) is 2.60. The van der Waals surface area contributed by atoms with Crippen molar-refractivity contribution in [1.29, 1.82) is 0 Å². The summed E-state index contributed by atoms with van der Waals surface area (Å²) >= 11 is 0. The van der Waals surface area contributed by atoms with Gasteiger partial charge in [0.05, 0.1) is 22.8 Å². The SMILES string of the molecule is Cc1ncccc1Oc1ccc([N+](=O)[O-])c(CO)c1. The van der Waals surface area contributed by atoms with E-state index in [1.165, 1.54) is 18.2 Å². The van der Waals surface area contributed by atoms with Crippen LogP contribution in [-0.2, 0) is 6.61 Å². The van der Waals surface area contributed by atoms with E-state index in [0.29, 0.717) is 17.2 Å². The van der Waals surface area contributed by atoms with Gasteiger partial charge in [-0.05, 0) is 31.2 Å². The number of benzene rings is 1. The number of aliphatic hydroxyl groups is 1. The minimum Gasteiger partial charge on any atom is -0.455 e. The zero-order valence-electron chi connectivity index (χ0n) is 10.2. The summed E-state index contributed by atoms with van der Waals surface area (Å²) in [7, 11) is 0. The van der Waals surface area contributed by atoms with E-state index in [1.807, 2.05) is 0 Å². The van der Waals surface area contributed by atoms with E-state index < -0.39 is 11.5 Å². The van der Waals surface area contributed by atoms with Gasteiger partial charge in [-0.25, -0.2) is 0 Å². The van der Waals surface area contributed by atoms with Crippen molar-refractivity contribution in [2.75, 3.05) is 0 Å². The number of aliphatic hydroxyl groups excluding tert-OH is 1. The summed E-state index contributed by atoms with van der Waals surface area (Å²) in [6.45, 7) is 1.38. The summed E-state index contributed by atoms with van der Waals surface area (Å²) in [6.07, 6.45) is 1.65. The molecule has 0 aliphatic heterocycles. The van der Waals surface area contributed by atoms with Gasteiger partial charge in [0.2, 0.25) is 0 Å². The van der Waals surface area contributed by atoms with Gasteiger partial charge in [-0.1, -0.05) is 0 Å². The summed E-state index contributed by atoms with van der Waals surface area (Å²) in [6, 6.07) is 7.74. The van der Waals surface area contributed by atoms with Crippen molar-refractivity contribution in [3.63, 3.8) is 0 Å². The Kier molecular flexibility index (Phi) is 3.72. The molecule has 0 atom stereocenters. The smallest absolute Gasteiger partial charge is 0.275 e. The van der Waals surface area contributed by atoms with Gasteiger partial charge in [0.25, 0.3) is 5.69 Å². The van der Waals surface area contributed by atoms with Crippen LogP contribution in [0, 0.1) is 17.0 Å². The molecule has 0 amide bonds. The standard InChI is InChI=1S/C13H12N2O4/c1-9-13(3-2-6-14-9)19-11-4-5-12(15(17)18)10(7-11)8-16/h2-7,16H,8H2,1H3. The Balaban J connectivity index is 2.32. The molecular formula is C13H12N2O4. The lowest BCUT2D eigenvalue weighted by Crippen LogP contribution is -1.96. The van der Waals surface area contributed by atoms with Crippen molar-refractivity contribution in [3.05, 3.63) is 57.9 Å². The maximum absolute atomic E-state index is 10.7. The molecule has 0 radical (unpaired) electrons. The number of aromatic nitrogens is 1. The van der Waals surface area contributed by atoms with Gasteiger partial charge in [0, 0.05) is 12.3 Å². The molecule has 1 heterocycles. The molecule has 0 saturated heterocycles. The molecule has 0 spiro atoms. The van der Waals surface area contributed by atoms with Crippen molar-refractivity contribution >= 4 is 5.69 Å². The Morgan fingerprint density at radius 3 is 2.84 bits per heavy atom. The van der Waals surface area contributed by atoms with Crippen LogP contribution < -0.4 is 4.74 Å². The summed E-state index contributed by atoms with van der Waals surface area (Å²) < 4.78 is 5.59. The molecule has 0 aliphatic carbocycles. The second-order valence-corrected chi connectivity index (χ2v) is 3.89. The molecule has 1 aromatic heterocycles. The maximum atomic E-state index is 10.7. The second-order valence-electron chi connectivity index (χ2n) is 3.89. The molecule has 2 rings (SSSR count). The van der Waals surface area contributed by atoms with Crippen LogP contribution in [0.15, 0.2) is 36.5 Å². The number of nitro benzene ring substituents is 1. The van der Waals surface area contributed by atoms with E-state index in [2.05, 4.69) is 4.98 Å². The van der Waals surface area contributed by atoms with Crippen LogP contribution in [0.25, 0.3) is 0 Å². The molecule has 19 heavy (non-hydrogen) atoms. The normalized spacial score (nSPS) is 10.2. The van der Waals surface area contributed by atoms with Crippen LogP contribution in [0.3, 0.4) is 0 Å². The van der Waals surface area contributed by atoms with Crippen LogP contribution in [0.5, 0.6) is 11.5 Å². The molecule has 0 bridgehead atoms. The van der Waals surface area contributed by atoms with E-state index in [9.17, 15) is 10.1 Å². The number of ether oxygens (including phenoxy) is 1. The molecule has 0 fully saturated rings. The number of hydrogen-bond acceptors (Lipinski definition) is 5. The third-order valence-corrected chi connectivity index (χ3v) is 2.60. The van der Waals surface area contributed by atoms with E-state index in [4.69, 9.17) is 9.84 Å². The fraction of sp³-hybridized carbons (Fsp3) is 0.154. The molecule has 6 heteroatoms. The lowest BCUT2D eigenvalue weighted by molar-refractivity contribution is -0.385. The lowest BCUT2D eigenvalue weighted by atomic mass is 10.2. The van der Waals surface area contributed by atoms with Gasteiger partial charge >= 0.3 is 0 Å². The van der Waals surface area contributed by atoms with E-state index >= 15 is 0 Å². The van der Waals surface area contributed by atoms with Crippen LogP contribution in [-0.4, -0.2) is 15.0 Å². The van der Waals surface area contributed by atoms with Crippen molar-refractivity contribution in [3.8, 4) is 11.5 Å². The molecule has 98 valence electrons. The number of pyridine rings is 1. The molecule has 1 N–H and O–H groups in total. The predicted molar refractivity (Wildman–Crippen MR) is 68.1 cm³/mol. The largest absolute Gasteiger partial charge is 0.455 e. The highest BCUT2D eigenvalue weighted by Gasteiger charge is 2.14. The quantitative estimate of drug-likeness (QED) is 0.674. The van der Waals surface area contributed by atoms with Gasteiger partial charge in [0.1, 0.15) is 11.5 Å². The second kappa shape index (κ2) is 5.45. The number of nitro groups is 1. The molecule has 1 aromatic carbocycles. The summed E-state index contributed by atoms with van der Waals surface area (Å²) in [5, 5.41) is 19.9. The highest BCUT2D eigenvalue weighted by molar-refractivity contribution is 5.46. The van der Waals surface area contributed by atoms with Gasteiger partial charge in [-0.2, -0.15) is 0 Å². The average Bonchev–Trinajstić information content (AvgIpc) is 2.41. The number of aryl methyl sites for hydroxylation is 1. The third kappa shape index (κ3) is 2.86. The summed E-state index contributed by atoms with van der Waals surface area (Å²) in [4.78, 5) is 14.3. The molecular weight excluding hydrogens is 248 g/mol. The number of hydrogen-bond donors (Lipinski definition) is 1. The maximum Gasteiger partial charge on any atom is 0.275 e. The molecule has 0 aliphatic rings. The first-order chi connectivity index (χ1) is 9.11. The lowest BCUT2D eigenvalue weighted by Gasteiger charge is -2.08.